The molecule has 1 rings (SSSR count). The van der Waals surface area contributed by atoms with Gasteiger partial charge < -0.3 is 13.9 Å². The van der Waals surface area contributed by atoms with E-state index in [0.717, 1.165) is 0 Å². The van der Waals surface area contributed by atoms with E-state index in [1.165, 1.54) is 0 Å². The van der Waals surface area contributed by atoms with Crippen molar-refractivity contribution in [3.05, 3.63) is 42.8 Å². The molecule has 2 nitrogen and oxygen atoms in total. The van der Waals surface area contributed by atoms with Gasteiger partial charge in [0.25, 0.3) is 0 Å². The summed E-state index contributed by atoms with van der Waals surface area (Å²) in [5, 5.41) is 8.38. The fraction of sp³-hybridized carbons (Fsp3) is 0. The third-order valence-corrected chi connectivity index (χ3v) is 1.02. The number of benzene rings is 1. The second-order valence-corrected chi connectivity index (χ2v) is 1.75. The molecule has 0 amide bonds. The van der Waals surface area contributed by atoms with Gasteiger partial charge in [-0.25, -0.2) is 4.79 Å². The molecule has 13 heavy (non-hydrogen) atoms. The van der Waals surface area contributed by atoms with Crippen LogP contribution >= 0.6 is 0 Å². The summed E-state index contributed by atoms with van der Waals surface area (Å²) in [5.74, 6) is -0.879. The zero-order valence-electron chi connectivity index (χ0n) is 7.08. The number of hydrogen-bond donors (Lipinski definition) is 1. The molecule has 0 fully saturated rings. The van der Waals surface area contributed by atoms with Crippen LogP contribution in [0.1, 0.15) is 10.4 Å². The Hall–Kier alpha value is -0.853. The van der Waals surface area contributed by atoms with Crippen LogP contribution < -0.4 is 18.9 Å². The van der Waals surface area contributed by atoms with Gasteiger partial charge in [0.1, 0.15) is 0 Å². The van der Waals surface area contributed by atoms with E-state index in [0.29, 0.717) is 5.56 Å². The summed E-state index contributed by atoms with van der Waals surface area (Å²) in [6.45, 7) is -1.00. The molecule has 0 atom stereocenters. The van der Waals surface area contributed by atoms with E-state index in [9.17, 15) is 13.6 Å². The number of hydrogen-bond acceptors (Lipinski definition) is 1. The monoisotopic (exact) mass is 180 g/mol. The zero-order valence-corrected chi connectivity index (χ0v) is 7.08. The van der Waals surface area contributed by atoms with Crippen LogP contribution in [0.5, 0.6) is 0 Å². The molecular formula is C8H7F2LiO2. The van der Waals surface area contributed by atoms with Crippen molar-refractivity contribution in [3.63, 3.8) is 0 Å². The van der Waals surface area contributed by atoms with Gasteiger partial charge in [-0.15, -0.1) is 0 Å². The second kappa shape index (κ2) is 9.24. The van der Waals surface area contributed by atoms with Crippen molar-refractivity contribution in [1.29, 1.82) is 0 Å². The first kappa shape index (κ1) is 14.7. The molecule has 0 heterocycles. The predicted octanol–water partition coefficient (Wildman–Crippen LogP) is -0.567. The van der Waals surface area contributed by atoms with Gasteiger partial charge in [-0.2, -0.15) is 0 Å². The minimum Gasteiger partial charge on any atom is -0.478 e. The topological polar surface area (TPSA) is 37.3 Å². The Bertz CT molecular complexity index is 229. The third kappa shape index (κ3) is 7.51. The van der Waals surface area contributed by atoms with Crippen LogP contribution in [-0.2, 0) is 0 Å². The number of halogens is 2. The average molecular weight is 180 g/mol. The molecule has 0 aromatic heterocycles. The molecule has 0 unspecified atom stereocenters. The van der Waals surface area contributed by atoms with Crippen LogP contribution in [0, 0.1) is 6.93 Å². The Balaban J connectivity index is 0. The van der Waals surface area contributed by atoms with Crippen LogP contribution in [-0.4, -0.2) is 11.1 Å². The summed E-state index contributed by atoms with van der Waals surface area (Å²) in [5.41, 5.74) is 0.331. The van der Waals surface area contributed by atoms with E-state index < -0.39 is 12.9 Å². The fourth-order valence-electron chi connectivity index (χ4n) is 0.581. The van der Waals surface area contributed by atoms with Crippen molar-refractivity contribution in [2.45, 2.75) is 0 Å². The molecule has 1 aromatic carbocycles. The van der Waals surface area contributed by atoms with Crippen molar-refractivity contribution in [3.8, 4) is 0 Å². The first-order valence-electron chi connectivity index (χ1n) is 3.02. The van der Waals surface area contributed by atoms with Gasteiger partial charge in [0, 0.05) is 0 Å². The Morgan fingerprint density at radius 3 is 1.85 bits per heavy atom. The van der Waals surface area contributed by atoms with Crippen molar-refractivity contribution in [2.24, 2.45) is 0 Å². The average Bonchev–Trinajstić information content (AvgIpc) is 2.07. The Morgan fingerprint density at radius 1 is 1.23 bits per heavy atom. The molecule has 0 saturated carbocycles. The second-order valence-electron chi connectivity index (χ2n) is 1.75. The van der Waals surface area contributed by atoms with Crippen LogP contribution in [0.4, 0.5) is 8.78 Å². The van der Waals surface area contributed by atoms with Crippen molar-refractivity contribution < 1.29 is 37.5 Å². The van der Waals surface area contributed by atoms with Crippen LogP contribution in [0.2, 0.25) is 0 Å². The first-order chi connectivity index (χ1) is 5.72. The van der Waals surface area contributed by atoms with Gasteiger partial charge in [0.2, 0.25) is 0 Å². The van der Waals surface area contributed by atoms with Crippen molar-refractivity contribution in [2.75, 3.05) is 0 Å². The molecule has 1 aromatic rings. The zero-order chi connectivity index (χ0) is 9.40. The molecule has 0 aliphatic carbocycles. The summed E-state index contributed by atoms with van der Waals surface area (Å²) < 4.78 is 19.0. The van der Waals surface area contributed by atoms with Crippen molar-refractivity contribution >= 4 is 5.97 Å². The maximum atomic E-state index is 10.2. The fourth-order valence-corrected chi connectivity index (χ4v) is 0.581. The minimum atomic E-state index is -1.00. The number of aromatic carboxylic acids is 1. The molecule has 5 heteroatoms. The quantitative estimate of drug-likeness (QED) is 0.464. The van der Waals surface area contributed by atoms with E-state index in [2.05, 4.69) is 0 Å². The maximum Gasteiger partial charge on any atom is 1.00 e. The van der Waals surface area contributed by atoms with Gasteiger partial charge in [0.05, 0.1) is 5.56 Å². The molecule has 0 spiro atoms. The smallest absolute Gasteiger partial charge is 0.478 e. The molecule has 0 aliphatic rings. The molecule has 0 aliphatic heterocycles. The Kier molecular flexibility index (Phi) is 10.4. The van der Waals surface area contributed by atoms with E-state index in [4.69, 9.17) is 5.11 Å². The standard InChI is InChI=1S/C7H6O2.CHF2.Li/c8-7(9)6-4-2-1-3-5-6;2-1-3;/h1-5H,(H,8,9);1H;/q;-1;+1. The largest absolute Gasteiger partial charge is 1.00 e. The number of carboxylic acid groups (broad SMARTS) is 1. The van der Waals surface area contributed by atoms with Crippen LogP contribution in [0.15, 0.2) is 30.3 Å². The van der Waals surface area contributed by atoms with Crippen LogP contribution in [0.3, 0.4) is 0 Å². The van der Waals surface area contributed by atoms with Gasteiger partial charge >= 0.3 is 24.8 Å². The summed E-state index contributed by atoms with van der Waals surface area (Å²) >= 11 is 0. The third-order valence-electron chi connectivity index (χ3n) is 1.02. The first-order valence-corrected chi connectivity index (χ1v) is 3.02. The van der Waals surface area contributed by atoms with Crippen LogP contribution in [0.25, 0.3) is 0 Å². The number of carboxylic acids is 1. The van der Waals surface area contributed by atoms with Gasteiger partial charge in [0.15, 0.2) is 0 Å². The molecule has 1 N–H and O–H groups in total. The normalized spacial score (nSPS) is 7.54. The summed E-state index contributed by atoms with van der Waals surface area (Å²) in [4.78, 5) is 10.2. The predicted molar refractivity (Wildman–Crippen MR) is 39.9 cm³/mol. The molecule has 66 valence electrons. The maximum absolute atomic E-state index is 10.2. The van der Waals surface area contributed by atoms with Gasteiger partial charge in [-0.1, -0.05) is 18.2 Å². The minimum absolute atomic E-state index is 0. The Morgan fingerprint density at radius 2 is 1.62 bits per heavy atom. The van der Waals surface area contributed by atoms with E-state index in [-0.39, 0.29) is 18.9 Å². The van der Waals surface area contributed by atoms with Gasteiger partial charge in [-0.05, 0) is 19.1 Å². The molecule has 0 saturated heterocycles. The SMILES string of the molecule is F[CH-]F.O=C(O)c1ccccc1.[Li+]. The molecule has 0 bridgehead atoms. The number of carbonyl (C=O) groups is 1. The molecular weight excluding hydrogens is 173 g/mol. The van der Waals surface area contributed by atoms with Crippen molar-refractivity contribution in [1.82, 2.24) is 0 Å². The van der Waals surface area contributed by atoms with E-state index in [1.54, 1.807) is 30.3 Å². The van der Waals surface area contributed by atoms with E-state index in [1.807, 2.05) is 0 Å². The molecule has 0 radical (unpaired) electrons. The summed E-state index contributed by atoms with van der Waals surface area (Å²) in [7, 11) is 0. The van der Waals surface area contributed by atoms with E-state index >= 15 is 0 Å². The Labute approximate surface area is 86.8 Å². The number of rotatable bonds is 1. The van der Waals surface area contributed by atoms with Gasteiger partial charge in [-0.3, -0.25) is 0 Å². The summed E-state index contributed by atoms with van der Waals surface area (Å²) in [6.07, 6.45) is 0. The summed E-state index contributed by atoms with van der Waals surface area (Å²) in [6, 6.07) is 8.30.